The summed E-state index contributed by atoms with van der Waals surface area (Å²) in [5.41, 5.74) is 6.72. The van der Waals surface area contributed by atoms with Crippen molar-refractivity contribution in [3.63, 3.8) is 0 Å². The number of benzene rings is 1. The molecule has 3 atom stereocenters. The lowest BCUT2D eigenvalue weighted by atomic mass is 9.70. The number of aryl methyl sites for hydroxylation is 1. The molecule has 0 saturated carbocycles. The molecule has 2 rings (SSSR count). The highest BCUT2D eigenvalue weighted by Crippen LogP contribution is 2.48. The van der Waals surface area contributed by atoms with Crippen molar-refractivity contribution in [2.24, 2.45) is 5.92 Å². The van der Waals surface area contributed by atoms with Gasteiger partial charge in [-0.2, -0.15) is 0 Å². The Bertz CT molecular complexity index is 596. The zero-order valence-corrected chi connectivity index (χ0v) is 16.3. The van der Waals surface area contributed by atoms with Crippen LogP contribution in [0.1, 0.15) is 80.5 Å². The number of aliphatic hydroxyl groups is 1. The van der Waals surface area contributed by atoms with Gasteiger partial charge >= 0.3 is 0 Å². The van der Waals surface area contributed by atoms with E-state index in [1.807, 2.05) is 0 Å². The van der Waals surface area contributed by atoms with E-state index in [1.165, 1.54) is 40.7 Å². The van der Waals surface area contributed by atoms with Gasteiger partial charge in [-0.3, -0.25) is 0 Å². The molecule has 134 valence electrons. The fraction of sp³-hybridized carbons (Fsp3) is 0.636. The highest BCUT2D eigenvalue weighted by Gasteiger charge is 2.33. The van der Waals surface area contributed by atoms with Gasteiger partial charge in [0.25, 0.3) is 0 Å². The maximum atomic E-state index is 10.0. The topological polar surface area (TPSA) is 29.5 Å². The molecule has 0 aliphatic heterocycles. The summed E-state index contributed by atoms with van der Waals surface area (Å²) in [5.74, 6) is 2.38. The van der Waals surface area contributed by atoms with Gasteiger partial charge in [-0.05, 0) is 87.8 Å². The number of ether oxygens (including phenoxy) is 1. The first kappa shape index (κ1) is 19.1. The average Bonchev–Trinajstić information content (AvgIpc) is 2.54. The standard InChI is InChI=1S/C22H34O2/c1-14(2)8-7-9-18(13-23)19-11-10-15(3)21-20(19)12-16(4)17(5)22(21)24-6/h8,12,15,18-19,23H,7,9-11,13H2,1-6H3/t15-,18-,19+/m1/s1. The number of rotatable bonds is 6. The zero-order chi connectivity index (χ0) is 17.9. The lowest BCUT2D eigenvalue weighted by Crippen LogP contribution is -2.24. The smallest absolute Gasteiger partial charge is 0.125 e. The highest BCUT2D eigenvalue weighted by atomic mass is 16.5. The molecule has 1 aliphatic rings. The van der Waals surface area contributed by atoms with Gasteiger partial charge in [-0.15, -0.1) is 0 Å². The van der Waals surface area contributed by atoms with E-state index in [0.29, 0.717) is 17.8 Å². The van der Waals surface area contributed by atoms with Crippen LogP contribution in [0, 0.1) is 19.8 Å². The normalized spacial score (nSPS) is 21.1. The molecule has 2 nitrogen and oxygen atoms in total. The maximum absolute atomic E-state index is 10.0. The van der Waals surface area contributed by atoms with Crippen molar-refractivity contribution in [1.29, 1.82) is 0 Å². The molecule has 0 heterocycles. The quantitative estimate of drug-likeness (QED) is 0.683. The fourth-order valence-corrected chi connectivity index (χ4v) is 4.23. The Morgan fingerprint density at radius 2 is 2.04 bits per heavy atom. The summed E-state index contributed by atoms with van der Waals surface area (Å²) in [5, 5.41) is 10.0. The third-order valence-electron chi connectivity index (χ3n) is 5.76. The second-order valence-electron chi connectivity index (χ2n) is 7.74. The van der Waals surface area contributed by atoms with Crippen molar-refractivity contribution >= 4 is 0 Å². The van der Waals surface area contributed by atoms with E-state index in [-0.39, 0.29) is 6.61 Å². The molecular formula is C22H34O2. The predicted molar refractivity (Wildman–Crippen MR) is 102 cm³/mol. The van der Waals surface area contributed by atoms with Gasteiger partial charge in [0.05, 0.1) is 7.11 Å². The zero-order valence-electron chi connectivity index (χ0n) is 16.3. The summed E-state index contributed by atoms with van der Waals surface area (Å²) in [6, 6.07) is 2.36. The van der Waals surface area contributed by atoms with Crippen LogP contribution in [-0.2, 0) is 0 Å². The summed E-state index contributed by atoms with van der Waals surface area (Å²) >= 11 is 0. The van der Waals surface area contributed by atoms with E-state index in [1.54, 1.807) is 7.11 Å². The molecule has 1 aromatic carbocycles. The Morgan fingerprint density at radius 1 is 1.33 bits per heavy atom. The van der Waals surface area contributed by atoms with Crippen molar-refractivity contribution in [2.75, 3.05) is 13.7 Å². The van der Waals surface area contributed by atoms with Crippen LogP contribution in [0.3, 0.4) is 0 Å². The van der Waals surface area contributed by atoms with E-state index in [4.69, 9.17) is 4.74 Å². The van der Waals surface area contributed by atoms with Gasteiger partial charge in [-0.1, -0.05) is 24.6 Å². The van der Waals surface area contributed by atoms with E-state index in [9.17, 15) is 5.11 Å². The Balaban J connectivity index is 2.40. The molecule has 1 aliphatic carbocycles. The number of hydrogen-bond donors (Lipinski definition) is 1. The minimum absolute atomic E-state index is 0.268. The lowest BCUT2D eigenvalue weighted by Gasteiger charge is -2.36. The summed E-state index contributed by atoms with van der Waals surface area (Å²) in [4.78, 5) is 0. The first-order valence-electron chi connectivity index (χ1n) is 9.32. The molecule has 0 spiro atoms. The van der Waals surface area contributed by atoms with Crippen molar-refractivity contribution in [3.8, 4) is 5.75 Å². The fourth-order valence-electron chi connectivity index (χ4n) is 4.23. The third-order valence-corrected chi connectivity index (χ3v) is 5.76. The molecule has 0 saturated heterocycles. The largest absolute Gasteiger partial charge is 0.496 e. The minimum atomic E-state index is 0.268. The Morgan fingerprint density at radius 3 is 2.62 bits per heavy atom. The first-order chi connectivity index (χ1) is 11.4. The Labute approximate surface area is 147 Å². The molecule has 0 fully saturated rings. The summed E-state index contributed by atoms with van der Waals surface area (Å²) < 4.78 is 5.80. The summed E-state index contributed by atoms with van der Waals surface area (Å²) in [6.45, 7) is 11.2. The van der Waals surface area contributed by atoms with E-state index < -0.39 is 0 Å². The molecule has 24 heavy (non-hydrogen) atoms. The van der Waals surface area contributed by atoms with E-state index >= 15 is 0 Å². The van der Waals surface area contributed by atoms with Crippen LogP contribution < -0.4 is 4.74 Å². The second-order valence-corrected chi connectivity index (χ2v) is 7.74. The predicted octanol–water partition coefficient (Wildman–Crippen LogP) is 5.65. The van der Waals surface area contributed by atoms with Gasteiger partial charge in [0.15, 0.2) is 0 Å². The molecular weight excluding hydrogens is 296 g/mol. The van der Waals surface area contributed by atoms with Crippen LogP contribution in [-0.4, -0.2) is 18.8 Å². The van der Waals surface area contributed by atoms with E-state index in [2.05, 4.69) is 46.8 Å². The van der Waals surface area contributed by atoms with Crippen LogP contribution in [0.2, 0.25) is 0 Å². The number of hydrogen-bond acceptors (Lipinski definition) is 2. The van der Waals surface area contributed by atoms with Crippen molar-refractivity contribution < 1.29 is 9.84 Å². The third kappa shape index (κ3) is 3.85. The number of aliphatic hydroxyl groups excluding tert-OH is 1. The van der Waals surface area contributed by atoms with Crippen LogP contribution in [0.25, 0.3) is 0 Å². The van der Waals surface area contributed by atoms with Crippen molar-refractivity contribution in [1.82, 2.24) is 0 Å². The molecule has 0 unspecified atom stereocenters. The summed E-state index contributed by atoms with van der Waals surface area (Å²) in [7, 11) is 1.79. The highest BCUT2D eigenvalue weighted by molar-refractivity contribution is 5.54. The lowest BCUT2D eigenvalue weighted by molar-refractivity contribution is 0.185. The number of fused-ring (bicyclic) bond motifs is 1. The molecule has 0 amide bonds. The van der Waals surface area contributed by atoms with Gasteiger partial charge in [0.1, 0.15) is 5.75 Å². The molecule has 2 heteroatoms. The molecule has 0 radical (unpaired) electrons. The maximum Gasteiger partial charge on any atom is 0.125 e. The monoisotopic (exact) mass is 330 g/mol. The number of methoxy groups -OCH3 is 1. The van der Waals surface area contributed by atoms with Gasteiger partial charge in [-0.25, -0.2) is 0 Å². The molecule has 0 aromatic heterocycles. The van der Waals surface area contributed by atoms with Gasteiger partial charge in [0.2, 0.25) is 0 Å². The molecule has 0 bridgehead atoms. The van der Waals surface area contributed by atoms with E-state index in [0.717, 1.165) is 18.6 Å². The molecule has 1 N–H and O–H groups in total. The Hall–Kier alpha value is -1.28. The number of allylic oxidation sites excluding steroid dienone is 2. The Kier molecular flexibility index (Phi) is 6.51. The van der Waals surface area contributed by atoms with Crippen LogP contribution >= 0.6 is 0 Å². The van der Waals surface area contributed by atoms with Crippen LogP contribution in [0.4, 0.5) is 0 Å². The van der Waals surface area contributed by atoms with Gasteiger partial charge < -0.3 is 9.84 Å². The van der Waals surface area contributed by atoms with Gasteiger partial charge in [0, 0.05) is 12.2 Å². The van der Waals surface area contributed by atoms with Crippen LogP contribution in [0.15, 0.2) is 17.7 Å². The minimum Gasteiger partial charge on any atom is -0.496 e. The second kappa shape index (κ2) is 8.20. The van der Waals surface area contributed by atoms with Crippen molar-refractivity contribution in [2.45, 2.75) is 72.1 Å². The first-order valence-corrected chi connectivity index (χ1v) is 9.32. The van der Waals surface area contributed by atoms with Crippen LogP contribution in [0.5, 0.6) is 5.75 Å². The summed E-state index contributed by atoms with van der Waals surface area (Å²) in [6.07, 6.45) is 6.73. The van der Waals surface area contributed by atoms with Crippen molar-refractivity contribution in [3.05, 3.63) is 40.0 Å². The SMILES string of the molecule is COc1c(C)c(C)cc2c1[C@H](C)CC[C@H]2[C@@H](CO)CCC=C(C)C. The molecule has 1 aromatic rings. The average molecular weight is 331 g/mol.